The van der Waals surface area contributed by atoms with E-state index in [1.165, 1.54) is 12.8 Å². The van der Waals surface area contributed by atoms with Crippen LogP contribution in [0.2, 0.25) is 0 Å². The number of amides is 1. The maximum atomic E-state index is 12.2. The van der Waals surface area contributed by atoms with Gasteiger partial charge in [0.1, 0.15) is 5.82 Å². The van der Waals surface area contributed by atoms with Gasteiger partial charge in [0.25, 0.3) is 0 Å². The highest BCUT2D eigenvalue weighted by molar-refractivity contribution is 7.92. The Morgan fingerprint density at radius 2 is 1.88 bits per heavy atom. The molecule has 7 heteroatoms. The van der Waals surface area contributed by atoms with Crippen LogP contribution >= 0.6 is 0 Å². The first-order valence-electron chi connectivity index (χ1n) is 8.77. The Hall–Kier alpha value is -1.63. The summed E-state index contributed by atoms with van der Waals surface area (Å²) in [6.45, 7) is 2.05. The third-order valence-corrected chi connectivity index (χ3v) is 7.15. The van der Waals surface area contributed by atoms with Gasteiger partial charge in [0.05, 0.1) is 22.9 Å². The van der Waals surface area contributed by atoms with E-state index in [1.807, 2.05) is 12.1 Å². The third kappa shape index (κ3) is 4.26. The van der Waals surface area contributed by atoms with Gasteiger partial charge in [0, 0.05) is 19.5 Å². The van der Waals surface area contributed by atoms with Crippen molar-refractivity contribution in [1.82, 2.24) is 4.98 Å². The van der Waals surface area contributed by atoms with Gasteiger partial charge in [-0.25, -0.2) is 13.4 Å². The summed E-state index contributed by atoms with van der Waals surface area (Å²) in [6, 6.07) is 3.72. The SMILES string of the molecule is O=C(CCS(=O)(=O)C1CCCC1)Nc1ccc(N2CCCC2)nc1. The number of carbonyl (C=O) groups is 1. The fourth-order valence-electron chi connectivity index (χ4n) is 3.47. The maximum absolute atomic E-state index is 12.2. The standard InChI is InChI=1S/C17H25N3O3S/c21-17(9-12-24(22,23)15-5-1-2-6-15)19-14-7-8-16(18-13-14)20-10-3-4-11-20/h7-8,13,15H,1-6,9-12H2,(H,19,21). The van der Waals surface area contributed by atoms with Gasteiger partial charge >= 0.3 is 0 Å². The molecule has 0 aromatic carbocycles. The van der Waals surface area contributed by atoms with Crippen LogP contribution < -0.4 is 10.2 Å². The highest BCUT2D eigenvalue weighted by Crippen LogP contribution is 2.25. The molecule has 2 fully saturated rings. The maximum Gasteiger partial charge on any atom is 0.225 e. The lowest BCUT2D eigenvalue weighted by atomic mass is 10.3. The Morgan fingerprint density at radius 1 is 1.17 bits per heavy atom. The van der Waals surface area contributed by atoms with Crippen molar-refractivity contribution in [1.29, 1.82) is 0 Å². The lowest BCUT2D eigenvalue weighted by molar-refractivity contribution is -0.115. The molecule has 0 bridgehead atoms. The summed E-state index contributed by atoms with van der Waals surface area (Å²) in [7, 11) is -3.15. The highest BCUT2D eigenvalue weighted by Gasteiger charge is 2.28. The fourth-order valence-corrected chi connectivity index (χ4v) is 5.32. The molecule has 0 atom stereocenters. The molecule has 0 unspecified atom stereocenters. The van der Waals surface area contributed by atoms with Crippen molar-refractivity contribution in [2.75, 3.05) is 29.1 Å². The summed E-state index contributed by atoms with van der Waals surface area (Å²) in [6.07, 6.45) is 7.46. The molecular weight excluding hydrogens is 326 g/mol. The van der Waals surface area contributed by atoms with Crippen LogP contribution in [0, 0.1) is 0 Å². The second-order valence-corrected chi connectivity index (χ2v) is 9.07. The minimum Gasteiger partial charge on any atom is -0.357 e. The lowest BCUT2D eigenvalue weighted by Crippen LogP contribution is -2.24. The second-order valence-electron chi connectivity index (χ2n) is 6.67. The van der Waals surface area contributed by atoms with Crippen molar-refractivity contribution in [2.24, 2.45) is 0 Å². The van der Waals surface area contributed by atoms with Crippen LogP contribution in [0.4, 0.5) is 11.5 Å². The quantitative estimate of drug-likeness (QED) is 0.851. The second kappa shape index (κ2) is 7.51. The van der Waals surface area contributed by atoms with E-state index in [4.69, 9.17) is 0 Å². The largest absolute Gasteiger partial charge is 0.357 e. The molecule has 1 aliphatic heterocycles. The summed E-state index contributed by atoms with van der Waals surface area (Å²) < 4.78 is 24.4. The van der Waals surface area contributed by atoms with E-state index in [2.05, 4.69) is 15.2 Å². The van der Waals surface area contributed by atoms with Crippen LogP contribution in [0.3, 0.4) is 0 Å². The zero-order valence-corrected chi connectivity index (χ0v) is 14.7. The smallest absolute Gasteiger partial charge is 0.225 e. The summed E-state index contributed by atoms with van der Waals surface area (Å²) >= 11 is 0. The number of nitrogens with zero attached hydrogens (tertiary/aromatic N) is 2. The average Bonchev–Trinajstić information content (AvgIpc) is 3.27. The molecule has 2 aliphatic rings. The summed E-state index contributed by atoms with van der Waals surface area (Å²) in [5.41, 5.74) is 0.612. The zero-order valence-electron chi connectivity index (χ0n) is 13.9. The lowest BCUT2D eigenvalue weighted by Gasteiger charge is -2.16. The Balaban J connectivity index is 1.49. The first kappa shape index (κ1) is 17.2. The van der Waals surface area contributed by atoms with Crippen LogP contribution in [0.5, 0.6) is 0 Å². The van der Waals surface area contributed by atoms with Gasteiger partial charge in [0.2, 0.25) is 5.91 Å². The van der Waals surface area contributed by atoms with Crippen LogP contribution in [0.1, 0.15) is 44.9 Å². The summed E-state index contributed by atoms with van der Waals surface area (Å²) in [5.74, 6) is 0.588. The Kier molecular flexibility index (Phi) is 5.38. The molecule has 1 aliphatic carbocycles. The number of aromatic nitrogens is 1. The van der Waals surface area contributed by atoms with Crippen LogP contribution in [-0.2, 0) is 14.6 Å². The van der Waals surface area contributed by atoms with Gasteiger partial charge in [0.15, 0.2) is 9.84 Å². The van der Waals surface area contributed by atoms with Gasteiger partial charge in [-0.15, -0.1) is 0 Å². The van der Waals surface area contributed by atoms with E-state index < -0.39 is 9.84 Å². The monoisotopic (exact) mass is 351 g/mol. The summed E-state index contributed by atoms with van der Waals surface area (Å²) in [4.78, 5) is 18.6. The Bertz CT molecular complexity index is 661. The van der Waals surface area contributed by atoms with E-state index in [-0.39, 0.29) is 23.3 Å². The molecule has 1 saturated carbocycles. The number of hydrogen-bond acceptors (Lipinski definition) is 5. The molecule has 0 spiro atoms. The number of hydrogen-bond donors (Lipinski definition) is 1. The van der Waals surface area contributed by atoms with Crippen molar-refractivity contribution in [3.05, 3.63) is 18.3 Å². The number of sulfone groups is 1. The molecule has 3 rings (SSSR count). The molecule has 2 heterocycles. The topological polar surface area (TPSA) is 79.4 Å². The molecule has 1 saturated heterocycles. The van der Waals surface area contributed by atoms with Gasteiger partial charge in [-0.3, -0.25) is 4.79 Å². The molecule has 132 valence electrons. The predicted octanol–water partition coefficient (Wildman–Crippen LogP) is 2.37. The predicted molar refractivity (Wildman–Crippen MR) is 95.0 cm³/mol. The van der Waals surface area contributed by atoms with Crippen LogP contribution in [-0.4, -0.2) is 43.4 Å². The average molecular weight is 351 g/mol. The van der Waals surface area contributed by atoms with Crippen molar-refractivity contribution in [3.8, 4) is 0 Å². The molecular formula is C17H25N3O3S. The van der Waals surface area contributed by atoms with E-state index in [1.54, 1.807) is 6.20 Å². The molecule has 1 aromatic heterocycles. The Morgan fingerprint density at radius 3 is 2.50 bits per heavy atom. The number of rotatable bonds is 6. The molecule has 1 amide bonds. The van der Waals surface area contributed by atoms with Crippen LogP contribution in [0.25, 0.3) is 0 Å². The van der Waals surface area contributed by atoms with Crippen LogP contribution in [0.15, 0.2) is 18.3 Å². The molecule has 24 heavy (non-hydrogen) atoms. The first-order valence-corrected chi connectivity index (χ1v) is 10.5. The minimum absolute atomic E-state index is 0.00666. The van der Waals surface area contributed by atoms with E-state index in [9.17, 15) is 13.2 Å². The van der Waals surface area contributed by atoms with E-state index >= 15 is 0 Å². The van der Waals surface area contributed by atoms with Crippen molar-refractivity contribution < 1.29 is 13.2 Å². The van der Waals surface area contributed by atoms with Crippen molar-refractivity contribution >= 4 is 27.2 Å². The minimum atomic E-state index is -3.15. The van der Waals surface area contributed by atoms with Gasteiger partial charge in [-0.05, 0) is 37.8 Å². The summed E-state index contributed by atoms with van der Waals surface area (Å²) in [5, 5.41) is 2.49. The normalized spacial score (nSPS) is 18.9. The molecule has 1 N–H and O–H groups in total. The van der Waals surface area contributed by atoms with E-state index in [0.29, 0.717) is 5.69 Å². The molecule has 0 radical (unpaired) electrons. The van der Waals surface area contributed by atoms with Gasteiger partial charge in [-0.2, -0.15) is 0 Å². The zero-order chi connectivity index (χ0) is 17.0. The first-order chi connectivity index (χ1) is 11.5. The number of anilines is 2. The van der Waals surface area contributed by atoms with Crippen molar-refractivity contribution in [2.45, 2.75) is 50.2 Å². The number of carbonyl (C=O) groups excluding carboxylic acids is 1. The number of nitrogens with one attached hydrogen (secondary N) is 1. The molecule has 1 aromatic rings. The number of pyridine rings is 1. The molecule has 6 nitrogen and oxygen atoms in total. The third-order valence-electron chi connectivity index (χ3n) is 4.89. The van der Waals surface area contributed by atoms with Gasteiger partial charge in [-0.1, -0.05) is 12.8 Å². The van der Waals surface area contributed by atoms with E-state index in [0.717, 1.165) is 44.6 Å². The highest BCUT2D eigenvalue weighted by atomic mass is 32.2. The van der Waals surface area contributed by atoms with Gasteiger partial charge < -0.3 is 10.2 Å². The fraction of sp³-hybridized carbons (Fsp3) is 0.647. The van der Waals surface area contributed by atoms with Crippen molar-refractivity contribution in [3.63, 3.8) is 0 Å². The Labute approximate surface area is 143 Å².